The number of hydrogen-bond acceptors (Lipinski definition) is 4. The Morgan fingerprint density at radius 2 is 1.74 bits per heavy atom. The molecule has 4 aromatic rings. The van der Waals surface area contributed by atoms with Gasteiger partial charge in [0.1, 0.15) is 5.82 Å². The zero-order chi connectivity index (χ0) is 15.8. The van der Waals surface area contributed by atoms with Gasteiger partial charge < -0.3 is 16.0 Å². The van der Waals surface area contributed by atoms with Gasteiger partial charge in [0.15, 0.2) is 0 Å². The molecule has 0 aliphatic heterocycles. The number of nitrogens with two attached hydrogens (primary N) is 2. The molecular formula is C18H15N5. The number of nitrogen functional groups attached to an aromatic ring is 2. The maximum Gasteiger partial charge on any atom is 0.221 e. The summed E-state index contributed by atoms with van der Waals surface area (Å²) in [4.78, 5) is 8.24. The zero-order valence-electron chi connectivity index (χ0n) is 12.3. The fourth-order valence-electron chi connectivity index (χ4n) is 2.72. The first-order chi connectivity index (χ1) is 11.2. The average molecular weight is 301 g/mol. The van der Waals surface area contributed by atoms with Crippen LogP contribution in [0.3, 0.4) is 0 Å². The van der Waals surface area contributed by atoms with Gasteiger partial charge in [0, 0.05) is 23.5 Å². The number of aromatic nitrogens is 3. The summed E-state index contributed by atoms with van der Waals surface area (Å²) in [7, 11) is 0. The van der Waals surface area contributed by atoms with Crippen molar-refractivity contribution < 1.29 is 0 Å². The molecule has 0 amide bonds. The number of rotatable bonds is 2. The number of anilines is 2. The van der Waals surface area contributed by atoms with Crippen LogP contribution in [-0.2, 0) is 0 Å². The Bertz CT molecular complexity index is 1000. The summed E-state index contributed by atoms with van der Waals surface area (Å²) in [6, 6.07) is 18.1. The summed E-state index contributed by atoms with van der Waals surface area (Å²) in [5.41, 5.74) is 15.6. The second-order valence-electron chi connectivity index (χ2n) is 5.36. The summed E-state index contributed by atoms with van der Waals surface area (Å²) in [5.74, 6) is 1.01. The van der Waals surface area contributed by atoms with Gasteiger partial charge in [-0.3, -0.25) is 0 Å². The first-order valence-electron chi connectivity index (χ1n) is 7.27. The smallest absolute Gasteiger partial charge is 0.221 e. The van der Waals surface area contributed by atoms with Crippen molar-refractivity contribution in [2.75, 3.05) is 11.5 Å². The summed E-state index contributed by atoms with van der Waals surface area (Å²) in [5, 5.41) is 1.13. The van der Waals surface area contributed by atoms with E-state index in [-0.39, 0.29) is 5.95 Å². The molecule has 112 valence electrons. The van der Waals surface area contributed by atoms with Crippen molar-refractivity contribution in [3.63, 3.8) is 0 Å². The van der Waals surface area contributed by atoms with E-state index >= 15 is 0 Å². The van der Waals surface area contributed by atoms with E-state index in [4.69, 9.17) is 11.5 Å². The van der Waals surface area contributed by atoms with Gasteiger partial charge in [-0.1, -0.05) is 24.3 Å². The molecule has 2 aromatic heterocycles. The van der Waals surface area contributed by atoms with E-state index in [0.29, 0.717) is 0 Å². The predicted molar refractivity (Wildman–Crippen MR) is 93.1 cm³/mol. The highest BCUT2D eigenvalue weighted by molar-refractivity contribution is 5.87. The topological polar surface area (TPSA) is 82.8 Å². The molecule has 0 unspecified atom stereocenters. The minimum Gasteiger partial charge on any atom is -0.399 e. The molecule has 23 heavy (non-hydrogen) atoms. The average Bonchev–Trinajstić information content (AvgIpc) is 2.98. The lowest BCUT2D eigenvalue weighted by Gasteiger charge is -2.07. The SMILES string of the molecule is Nc1cccc(-c2ccc3ccn(-c4ccnc(N)n4)c3c2)c1. The molecule has 0 atom stereocenters. The van der Waals surface area contributed by atoms with Crippen LogP contribution in [0.5, 0.6) is 0 Å². The molecule has 0 radical (unpaired) electrons. The third-order valence-corrected chi connectivity index (χ3v) is 3.82. The van der Waals surface area contributed by atoms with Crippen molar-refractivity contribution in [1.29, 1.82) is 0 Å². The third-order valence-electron chi connectivity index (χ3n) is 3.82. The van der Waals surface area contributed by atoms with Crippen LogP contribution in [0.2, 0.25) is 0 Å². The molecule has 2 aromatic carbocycles. The predicted octanol–water partition coefficient (Wildman–Crippen LogP) is 3.25. The fourth-order valence-corrected chi connectivity index (χ4v) is 2.72. The molecule has 0 saturated carbocycles. The maximum atomic E-state index is 5.89. The molecule has 0 aliphatic carbocycles. The van der Waals surface area contributed by atoms with Gasteiger partial charge in [0.2, 0.25) is 5.95 Å². The molecule has 5 nitrogen and oxygen atoms in total. The lowest BCUT2D eigenvalue weighted by Crippen LogP contribution is -2.00. The highest BCUT2D eigenvalue weighted by atomic mass is 15.1. The largest absolute Gasteiger partial charge is 0.399 e. The van der Waals surface area contributed by atoms with Crippen molar-refractivity contribution >= 4 is 22.5 Å². The molecule has 5 heteroatoms. The first kappa shape index (κ1) is 13.3. The zero-order valence-corrected chi connectivity index (χ0v) is 12.3. The van der Waals surface area contributed by atoms with Crippen LogP contribution < -0.4 is 11.5 Å². The van der Waals surface area contributed by atoms with Gasteiger partial charge >= 0.3 is 0 Å². The summed E-state index contributed by atoms with van der Waals surface area (Å²) in [6.45, 7) is 0. The molecule has 4 rings (SSSR count). The van der Waals surface area contributed by atoms with Crippen molar-refractivity contribution in [3.05, 3.63) is 67.0 Å². The van der Waals surface area contributed by atoms with Crippen molar-refractivity contribution in [2.24, 2.45) is 0 Å². The van der Waals surface area contributed by atoms with E-state index < -0.39 is 0 Å². The number of fused-ring (bicyclic) bond motifs is 1. The molecule has 0 spiro atoms. The summed E-state index contributed by atoms with van der Waals surface area (Å²) in [6.07, 6.45) is 3.64. The Morgan fingerprint density at radius 1 is 0.870 bits per heavy atom. The Kier molecular flexibility index (Phi) is 2.98. The van der Waals surface area contributed by atoms with Crippen LogP contribution >= 0.6 is 0 Å². The monoisotopic (exact) mass is 301 g/mol. The van der Waals surface area contributed by atoms with E-state index in [9.17, 15) is 0 Å². The summed E-state index contributed by atoms with van der Waals surface area (Å²) >= 11 is 0. The Labute approximate surface area is 133 Å². The standard InChI is InChI=1S/C18H15N5/c19-15-3-1-2-13(10-15)14-5-4-12-7-9-23(16(12)11-14)17-6-8-21-18(20)22-17/h1-11H,19H2,(H2,20,21,22). The van der Waals surface area contributed by atoms with Crippen LogP contribution in [0.1, 0.15) is 0 Å². The second-order valence-corrected chi connectivity index (χ2v) is 5.36. The van der Waals surface area contributed by atoms with E-state index in [1.54, 1.807) is 6.20 Å². The van der Waals surface area contributed by atoms with Crippen molar-refractivity contribution in [2.45, 2.75) is 0 Å². The summed E-state index contributed by atoms with van der Waals surface area (Å²) < 4.78 is 2.00. The Morgan fingerprint density at radius 3 is 2.57 bits per heavy atom. The Hall–Kier alpha value is -3.34. The Balaban J connectivity index is 1.90. The van der Waals surface area contributed by atoms with E-state index in [1.165, 1.54) is 0 Å². The van der Waals surface area contributed by atoms with Crippen LogP contribution in [0.4, 0.5) is 11.6 Å². The van der Waals surface area contributed by atoms with Gasteiger partial charge in [0.25, 0.3) is 0 Å². The van der Waals surface area contributed by atoms with Gasteiger partial charge in [-0.15, -0.1) is 0 Å². The lowest BCUT2D eigenvalue weighted by atomic mass is 10.0. The highest BCUT2D eigenvalue weighted by Crippen LogP contribution is 2.27. The van der Waals surface area contributed by atoms with Crippen LogP contribution in [0, 0.1) is 0 Å². The van der Waals surface area contributed by atoms with Crippen molar-refractivity contribution in [3.8, 4) is 16.9 Å². The normalized spacial score (nSPS) is 11.0. The van der Waals surface area contributed by atoms with E-state index in [1.807, 2.05) is 41.1 Å². The minimum atomic E-state index is 0.260. The maximum absolute atomic E-state index is 5.89. The molecule has 0 fully saturated rings. The second kappa shape index (κ2) is 5.14. The highest BCUT2D eigenvalue weighted by Gasteiger charge is 2.07. The van der Waals surface area contributed by atoms with Gasteiger partial charge in [-0.2, -0.15) is 4.98 Å². The van der Waals surface area contributed by atoms with Crippen LogP contribution in [0.25, 0.3) is 27.8 Å². The van der Waals surface area contributed by atoms with Crippen LogP contribution in [0.15, 0.2) is 67.0 Å². The molecule has 2 heterocycles. The molecule has 4 N–H and O–H groups in total. The molecule has 0 saturated heterocycles. The molecule has 0 bridgehead atoms. The number of nitrogens with zero attached hydrogens (tertiary/aromatic N) is 3. The van der Waals surface area contributed by atoms with Gasteiger partial charge in [0.05, 0.1) is 5.52 Å². The van der Waals surface area contributed by atoms with E-state index in [0.717, 1.165) is 33.5 Å². The van der Waals surface area contributed by atoms with Gasteiger partial charge in [-0.25, -0.2) is 4.98 Å². The third kappa shape index (κ3) is 2.38. The van der Waals surface area contributed by atoms with Crippen LogP contribution in [-0.4, -0.2) is 14.5 Å². The quantitative estimate of drug-likeness (QED) is 0.557. The lowest BCUT2D eigenvalue weighted by molar-refractivity contribution is 1.02. The van der Waals surface area contributed by atoms with E-state index in [2.05, 4.69) is 34.2 Å². The molecule has 0 aliphatic rings. The number of benzene rings is 2. The fraction of sp³-hybridized carbons (Fsp3) is 0. The number of hydrogen-bond donors (Lipinski definition) is 2. The minimum absolute atomic E-state index is 0.260. The molecular weight excluding hydrogens is 286 g/mol. The first-order valence-corrected chi connectivity index (χ1v) is 7.27. The van der Waals surface area contributed by atoms with Gasteiger partial charge in [-0.05, 0) is 41.5 Å². The van der Waals surface area contributed by atoms with Crippen molar-refractivity contribution in [1.82, 2.24) is 14.5 Å².